The predicted molar refractivity (Wildman–Crippen MR) is 67.3 cm³/mol. The van der Waals surface area contributed by atoms with Crippen LogP contribution in [0.5, 0.6) is 0 Å². The first-order valence-electron chi connectivity index (χ1n) is 5.84. The number of rotatable bonds is 5. The van der Waals surface area contributed by atoms with E-state index < -0.39 is 0 Å². The maximum atomic E-state index is 5.09. The molecule has 0 heterocycles. The van der Waals surface area contributed by atoms with Gasteiger partial charge in [0.2, 0.25) is 0 Å². The fourth-order valence-corrected chi connectivity index (χ4v) is 0.600. The zero-order valence-corrected chi connectivity index (χ0v) is 11.9. The minimum absolute atomic E-state index is 0.0833. The van der Waals surface area contributed by atoms with Gasteiger partial charge < -0.3 is 9.47 Å². The van der Waals surface area contributed by atoms with Gasteiger partial charge in [-0.3, -0.25) is 0 Å². The van der Waals surface area contributed by atoms with Gasteiger partial charge in [-0.05, 0) is 32.1 Å². The molecule has 0 aliphatic rings. The van der Waals surface area contributed by atoms with E-state index in [-0.39, 0.29) is 5.60 Å². The normalized spacial score (nSPS) is 13.4. The lowest BCUT2D eigenvalue weighted by atomic mass is 10.00. The topological polar surface area (TPSA) is 18.5 Å². The summed E-state index contributed by atoms with van der Waals surface area (Å²) in [5, 5.41) is 0. The van der Waals surface area contributed by atoms with Crippen molar-refractivity contribution in [2.24, 2.45) is 11.8 Å². The molecule has 1 unspecified atom stereocenters. The van der Waals surface area contributed by atoms with Crippen molar-refractivity contribution in [1.29, 1.82) is 0 Å². The molecule has 0 aliphatic heterocycles. The van der Waals surface area contributed by atoms with Crippen LogP contribution in [0.25, 0.3) is 0 Å². The minimum atomic E-state index is 0.0833. The Morgan fingerprint density at radius 3 is 1.60 bits per heavy atom. The van der Waals surface area contributed by atoms with Crippen molar-refractivity contribution in [3.8, 4) is 0 Å². The van der Waals surface area contributed by atoms with Crippen molar-refractivity contribution < 1.29 is 9.47 Å². The van der Waals surface area contributed by atoms with Crippen LogP contribution in [-0.4, -0.2) is 26.4 Å². The summed E-state index contributed by atoms with van der Waals surface area (Å²) in [4.78, 5) is 0. The van der Waals surface area contributed by atoms with Crippen LogP contribution < -0.4 is 0 Å². The van der Waals surface area contributed by atoms with Gasteiger partial charge in [0, 0.05) is 20.8 Å². The lowest BCUT2D eigenvalue weighted by Crippen LogP contribution is -2.20. The summed E-state index contributed by atoms with van der Waals surface area (Å²) in [6.07, 6.45) is 1.07. The Morgan fingerprint density at radius 1 is 1.07 bits per heavy atom. The van der Waals surface area contributed by atoms with Crippen LogP contribution in [0.3, 0.4) is 0 Å². The molecular formula is C13H30O2. The monoisotopic (exact) mass is 218 g/mol. The number of hydrogen-bond donors (Lipinski definition) is 0. The highest BCUT2D eigenvalue weighted by atomic mass is 16.5. The van der Waals surface area contributed by atoms with Crippen molar-refractivity contribution in [2.75, 3.05) is 20.8 Å². The summed E-state index contributed by atoms with van der Waals surface area (Å²) in [6, 6.07) is 0. The summed E-state index contributed by atoms with van der Waals surface area (Å²) in [6.45, 7) is 13.8. The Hall–Kier alpha value is -0.0800. The van der Waals surface area contributed by atoms with Crippen molar-refractivity contribution in [2.45, 2.75) is 53.6 Å². The maximum Gasteiger partial charge on any atom is 0.0620 e. The fraction of sp³-hybridized carbons (Fsp3) is 1.00. The van der Waals surface area contributed by atoms with Gasteiger partial charge in [0.1, 0.15) is 0 Å². The third-order valence-corrected chi connectivity index (χ3v) is 2.97. The molecule has 0 aromatic heterocycles. The van der Waals surface area contributed by atoms with Gasteiger partial charge in [-0.25, -0.2) is 0 Å². The number of hydrogen-bond acceptors (Lipinski definition) is 2. The summed E-state index contributed by atoms with van der Waals surface area (Å²) in [5.74, 6) is 1.44. The summed E-state index contributed by atoms with van der Waals surface area (Å²) in [7, 11) is 3.49. The second-order valence-electron chi connectivity index (χ2n) is 4.99. The van der Waals surface area contributed by atoms with E-state index in [1.807, 2.05) is 0 Å². The predicted octanol–water partition coefficient (Wildman–Crippen LogP) is 3.75. The molecule has 94 valence electrons. The van der Waals surface area contributed by atoms with E-state index >= 15 is 0 Å². The maximum absolute atomic E-state index is 5.09. The van der Waals surface area contributed by atoms with Crippen LogP contribution in [0.1, 0.15) is 48.0 Å². The Balaban J connectivity index is 0. The Morgan fingerprint density at radius 2 is 1.53 bits per heavy atom. The van der Waals surface area contributed by atoms with Gasteiger partial charge in [0.05, 0.1) is 5.60 Å². The van der Waals surface area contributed by atoms with Crippen LogP contribution in [0.4, 0.5) is 0 Å². The van der Waals surface area contributed by atoms with Crippen LogP contribution in [0, 0.1) is 11.8 Å². The second-order valence-corrected chi connectivity index (χ2v) is 4.99. The van der Waals surface area contributed by atoms with Gasteiger partial charge in [-0.15, -0.1) is 0 Å². The molecule has 0 saturated carbocycles. The van der Waals surface area contributed by atoms with Gasteiger partial charge in [-0.1, -0.05) is 27.7 Å². The van der Waals surface area contributed by atoms with Crippen LogP contribution in [0.15, 0.2) is 0 Å². The summed E-state index contributed by atoms with van der Waals surface area (Å²) >= 11 is 0. The van der Waals surface area contributed by atoms with Gasteiger partial charge in [-0.2, -0.15) is 0 Å². The fourth-order valence-electron chi connectivity index (χ4n) is 0.600. The molecule has 15 heavy (non-hydrogen) atoms. The van der Waals surface area contributed by atoms with Crippen LogP contribution in [-0.2, 0) is 9.47 Å². The molecule has 2 heteroatoms. The van der Waals surface area contributed by atoms with E-state index in [1.54, 1.807) is 14.2 Å². The molecule has 0 bridgehead atoms. The van der Waals surface area contributed by atoms with Gasteiger partial charge in [0.25, 0.3) is 0 Å². The summed E-state index contributed by atoms with van der Waals surface area (Å²) < 4.78 is 10.1. The highest BCUT2D eigenvalue weighted by Gasteiger charge is 2.10. The van der Waals surface area contributed by atoms with Crippen molar-refractivity contribution >= 4 is 0 Å². The molecular weight excluding hydrogens is 188 g/mol. The molecule has 0 aliphatic carbocycles. The SMILES string of the molecule is CCC(C)(C)OC.COCC(C)C(C)C. The highest BCUT2D eigenvalue weighted by molar-refractivity contribution is 4.62. The van der Waals surface area contributed by atoms with E-state index in [2.05, 4.69) is 41.5 Å². The Labute approximate surface area is 96.4 Å². The number of methoxy groups -OCH3 is 2. The average molecular weight is 218 g/mol. The van der Waals surface area contributed by atoms with Crippen LogP contribution >= 0.6 is 0 Å². The molecule has 1 atom stereocenters. The molecule has 0 amide bonds. The van der Waals surface area contributed by atoms with Gasteiger partial charge >= 0.3 is 0 Å². The quantitative estimate of drug-likeness (QED) is 0.700. The number of ether oxygens (including phenoxy) is 2. The lowest BCUT2D eigenvalue weighted by molar-refractivity contribution is 0.0196. The van der Waals surface area contributed by atoms with Crippen molar-refractivity contribution in [1.82, 2.24) is 0 Å². The molecule has 0 N–H and O–H groups in total. The minimum Gasteiger partial charge on any atom is -0.384 e. The molecule has 0 spiro atoms. The van der Waals surface area contributed by atoms with E-state index in [4.69, 9.17) is 9.47 Å². The van der Waals surface area contributed by atoms with E-state index in [0.717, 1.165) is 18.9 Å². The molecule has 0 aromatic carbocycles. The molecule has 2 nitrogen and oxygen atoms in total. The zero-order chi connectivity index (χ0) is 12.5. The molecule has 0 rings (SSSR count). The molecule has 0 fully saturated rings. The summed E-state index contributed by atoms with van der Waals surface area (Å²) in [5.41, 5.74) is 0.0833. The standard InChI is InChI=1S/C7H16O.C6H14O/c1-6(2)7(3)5-8-4;1-5-6(2,3)7-4/h6-7H,5H2,1-4H3;5H2,1-4H3. The second kappa shape index (κ2) is 9.17. The Bertz CT molecular complexity index is 124. The van der Waals surface area contributed by atoms with Crippen LogP contribution in [0.2, 0.25) is 0 Å². The largest absolute Gasteiger partial charge is 0.384 e. The first-order chi connectivity index (χ1) is 6.80. The first kappa shape index (κ1) is 17.3. The van der Waals surface area contributed by atoms with Crippen molar-refractivity contribution in [3.63, 3.8) is 0 Å². The van der Waals surface area contributed by atoms with Gasteiger partial charge in [0.15, 0.2) is 0 Å². The Kier molecular flexibility index (Phi) is 10.6. The molecule has 0 saturated heterocycles. The average Bonchev–Trinajstić information content (AvgIpc) is 2.19. The highest BCUT2D eigenvalue weighted by Crippen LogP contribution is 2.10. The lowest BCUT2D eigenvalue weighted by Gasteiger charge is -2.19. The van der Waals surface area contributed by atoms with E-state index in [0.29, 0.717) is 5.92 Å². The smallest absolute Gasteiger partial charge is 0.0620 e. The van der Waals surface area contributed by atoms with E-state index in [9.17, 15) is 0 Å². The first-order valence-corrected chi connectivity index (χ1v) is 5.84. The third-order valence-electron chi connectivity index (χ3n) is 2.97. The van der Waals surface area contributed by atoms with E-state index in [1.165, 1.54) is 0 Å². The van der Waals surface area contributed by atoms with Crippen molar-refractivity contribution in [3.05, 3.63) is 0 Å². The molecule has 0 aromatic rings. The zero-order valence-electron chi connectivity index (χ0n) is 11.9. The molecule has 0 radical (unpaired) electrons. The third kappa shape index (κ3) is 11.8.